The monoisotopic (exact) mass is 220 g/mol. The lowest BCUT2D eigenvalue weighted by Crippen LogP contribution is -2.09. The molecule has 0 saturated heterocycles. The quantitative estimate of drug-likeness (QED) is 0.840. The third-order valence-electron chi connectivity index (χ3n) is 2.36. The summed E-state index contributed by atoms with van der Waals surface area (Å²) in [6, 6.07) is 0.0136. The molecule has 0 aliphatic carbocycles. The van der Waals surface area contributed by atoms with Crippen LogP contribution in [0.3, 0.4) is 0 Å². The number of nitrogens with zero attached hydrogens (tertiary/aromatic N) is 5. The van der Waals surface area contributed by atoms with Gasteiger partial charge in [0.25, 0.3) is 0 Å². The highest BCUT2D eigenvalue weighted by Crippen LogP contribution is 2.12. The van der Waals surface area contributed by atoms with Crippen molar-refractivity contribution in [3.8, 4) is 0 Å². The molecule has 2 aromatic heterocycles. The Bertz CT molecular complexity index is 430. The number of H-pyrrole nitrogens is 1. The second kappa shape index (κ2) is 4.42. The van der Waals surface area contributed by atoms with Crippen molar-refractivity contribution < 1.29 is 0 Å². The largest absolute Gasteiger partial charge is 0.263 e. The Morgan fingerprint density at radius 1 is 1.38 bits per heavy atom. The molecule has 0 spiro atoms. The van der Waals surface area contributed by atoms with E-state index in [9.17, 15) is 0 Å². The molecule has 16 heavy (non-hydrogen) atoms. The number of aromatic nitrogens is 6. The first-order valence-corrected chi connectivity index (χ1v) is 5.42. The van der Waals surface area contributed by atoms with Gasteiger partial charge < -0.3 is 0 Å². The number of rotatable bonds is 4. The molecule has 0 aliphatic rings. The normalized spacial score (nSPS) is 13.2. The van der Waals surface area contributed by atoms with Gasteiger partial charge in [-0.25, -0.2) is 14.6 Å². The maximum Gasteiger partial charge on any atom is 0.174 e. The zero-order valence-corrected chi connectivity index (χ0v) is 9.75. The summed E-state index contributed by atoms with van der Waals surface area (Å²) in [5.74, 6) is 2.25. The average molecular weight is 220 g/mol. The van der Waals surface area contributed by atoms with Crippen LogP contribution in [0.5, 0.6) is 0 Å². The van der Waals surface area contributed by atoms with E-state index in [1.165, 1.54) is 6.33 Å². The molecule has 2 rings (SSSR count). The maximum atomic E-state index is 4.45. The highest BCUT2D eigenvalue weighted by atomic mass is 15.4. The first kappa shape index (κ1) is 10.8. The molecule has 1 N–H and O–H groups in total. The Hall–Kier alpha value is -1.72. The number of hydrogen-bond donors (Lipinski definition) is 1. The van der Waals surface area contributed by atoms with Crippen LogP contribution in [-0.4, -0.2) is 29.9 Å². The molecule has 0 unspecified atom stereocenters. The van der Waals surface area contributed by atoms with Crippen molar-refractivity contribution in [1.29, 1.82) is 0 Å². The molecule has 2 aromatic rings. The molecule has 6 heteroatoms. The van der Waals surface area contributed by atoms with Gasteiger partial charge in [0, 0.05) is 6.42 Å². The molecule has 0 saturated carbocycles. The molecule has 0 aromatic carbocycles. The predicted octanol–water partition coefficient (Wildman–Crippen LogP) is 1.20. The third kappa shape index (κ3) is 2.26. The van der Waals surface area contributed by atoms with Gasteiger partial charge in [0.2, 0.25) is 0 Å². The van der Waals surface area contributed by atoms with Crippen LogP contribution in [0.2, 0.25) is 0 Å². The summed E-state index contributed by atoms with van der Waals surface area (Å²) in [5.41, 5.74) is 0. The molecule has 1 atom stereocenters. The third-order valence-corrected chi connectivity index (χ3v) is 2.36. The molecule has 0 bridgehead atoms. The highest BCUT2D eigenvalue weighted by Gasteiger charge is 2.14. The summed E-state index contributed by atoms with van der Waals surface area (Å²) in [5, 5.41) is 11.2. The number of nitrogens with one attached hydrogen (secondary N) is 1. The zero-order valence-electron chi connectivity index (χ0n) is 9.75. The van der Waals surface area contributed by atoms with E-state index in [0.717, 1.165) is 18.1 Å². The van der Waals surface area contributed by atoms with Gasteiger partial charge in [-0.2, -0.15) is 10.2 Å². The molecule has 2 heterocycles. The molecule has 0 amide bonds. The van der Waals surface area contributed by atoms with Gasteiger partial charge in [0.05, 0.1) is 0 Å². The van der Waals surface area contributed by atoms with Crippen molar-refractivity contribution >= 4 is 0 Å². The SMILES string of the molecule is CC(C)Cc1nc([C@H](C)n2cncn2)n[nH]1. The molecule has 86 valence electrons. The minimum absolute atomic E-state index is 0.0136. The lowest BCUT2D eigenvalue weighted by atomic mass is 10.1. The number of aromatic amines is 1. The van der Waals surface area contributed by atoms with Crippen LogP contribution in [0.25, 0.3) is 0 Å². The van der Waals surface area contributed by atoms with Gasteiger partial charge in [0.15, 0.2) is 5.82 Å². The number of hydrogen-bond acceptors (Lipinski definition) is 4. The standard InChI is InChI=1S/C10H16N6/c1-7(2)4-9-13-10(15-14-9)8(3)16-6-11-5-12-16/h5-8H,4H2,1-3H3,(H,13,14,15)/t8-/m0/s1. The van der Waals surface area contributed by atoms with E-state index in [2.05, 4.69) is 39.1 Å². The topological polar surface area (TPSA) is 72.3 Å². The van der Waals surface area contributed by atoms with E-state index in [0.29, 0.717) is 5.92 Å². The summed E-state index contributed by atoms with van der Waals surface area (Å²) in [4.78, 5) is 8.36. The summed E-state index contributed by atoms with van der Waals surface area (Å²) >= 11 is 0. The van der Waals surface area contributed by atoms with E-state index in [1.54, 1.807) is 11.0 Å². The Kier molecular flexibility index (Phi) is 2.98. The van der Waals surface area contributed by atoms with Crippen LogP contribution >= 0.6 is 0 Å². The molecule has 0 aliphatic heterocycles. The van der Waals surface area contributed by atoms with Crippen LogP contribution < -0.4 is 0 Å². The Labute approximate surface area is 94.1 Å². The van der Waals surface area contributed by atoms with Crippen molar-refractivity contribution in [2.24, 2.45) is 5.92 Å². The van der Waals surface area contributed by atoms with E-state index in [-0.39, 0.29) is 6.04 Å². The predicted molar refractivity (Wildman–Crippen MR) is 58.8 cm³/mol. The summed E-state index contributed by atoms with van der Waals surface area (Å²) < 4.78 is 1.74. The van der Waals surface area contributed by atoms with Gasteiger partial charge in [-0.15, -0.1) is 0 Å². The summed E-state index contributed by atoms with van der Waals surface area (Å²) in [7, 11) is 0. The fraction of sp³-hybridized carbons (Fsp3) is 0.600. The Morgan fingerprint density at radius 2 is 2.19 bits per heavy atom. The molecular weight excluding hydrogens is 204 g/mol. The second-order valence-corrected chi connectivity index (χ2v) is 4.29. The van der Waals surface area contributed by atoms with Gasteiger partial charge in [-0.05, 0) is 12.8 Å². The lowest BCUT2D eigenvalue weighted by Gasteiger charge is -2.05. The first-order valence-electron chi connectivity index (χ1n) is 5.42. The van der Waals surface area contributed by atoms with Crippen LogP contribution in [0, 0.1) is 5.92 Å². The van der Waals surface area contributed by atoms with Gasteiger partial charge >= 0.3 is 0 Å². The second-order valence-electron chi connectivity index (χ2n) is 4.29. The fourth-order valence-corrected chi connectivity index (χ4v) is 1.51. The molecule has 6 nitrogen and oxygen atoms in total. The molecule has 0 fully saturated rings. The molecule has 0 radical (unpaired) electrons. The van der Waals surface area contributed by atoms with Gasteiger partial charge in [-0.3, -0.25) is 5.10 Å². The Morgan fingerprint density at radius 3 is 2.81 bits per heavy atom. The van der Waals surface area contributed by atoms with Crippen molar-refractivity contribution in [3.05, 3.63) is 24.3 Å². The van der Waals surface area contributed by atoms with Crippen LogP contribution in [-0.2, 0) is 6.42 Å². The minimum atomic E-state index is 0.0136. The lowest BCUT2D eigenvalue weighted by molar-refractivity contribution is 0.535. The highest BCUT2D eigenvalue weighted by molar-refractivity contribution is 4.97. The van der Waals surface area contributed by atoms with E-state index >= 15 is 0 Å². The average Bonchev–Trinajstić information content (AvgIpc) is 2.84. The Balaban J connectivity index is 2.12. The zero-order chi connectivity index (χ0) is 11.5. The van der Waals surface area contributed by atoms with Crippen LogP contribution in [0.4, 0.5) is 0 Å². The molecular formula is C10H16N6. The summed E-state index contributed by atoms with van der Waals surface area (Å²) in [6.45, 7) is 6.31. The van der Waals surface area contributed by atoms with Crippen molar-refractivity contribution in [1.82, 2.24) is 29.9 Å². The van der Waals surface area contributed by atoms with Crippen LogP contribution in [0.1, 0.15) is 38.5 Å². The van der Waals surface area contributed by atoms with E-state index in [1.807, 2.05) is 6.92 Å². The van der Waals surface area contributed by atoms with E-state index < -0.39 is 0 Å². The minimum Gasteiger partial charge on any atom is -0.263 e. The van der Waals surface area contributed by atoms with E-state index in [4.69, 9.17) is 0 Å². The van der Waals surface area contributed by atoms with Crippen molar-refractivity contribution in [2.75, 3.05) is 0 Å². The smallest absolute Gasteiger partial charge is 0.174 e. The summed E-state index contributed by atoms with van der Waals surface area (Å²) in [6.07, 6.45) is 4.10. The first-order chi connectivity index (χ1) is 7.66. The van der Waals surface area contributed by atoms with Crippen molar-refractivity contribution in [2.45, 2.75) is 33.2 Å². The van der Waals surface area contributed by atoms with Gasteiger partial charge in [-0.1, -0.05) is 13.8 Å². The van der Waals surface area contributed by atoms with Crippen LogP contribution in [0.15, 0.2) is 12.7 Å². The van der Waals surface area contributed by atoms with Gasteiger partial charge in [0.1, 0.15) is 24.5 Å². The van der Waals surface area contributed by atoms with Crippen molar-refractivity contribution in [3.63, 3.8) is 0 Å². The maximum absolute atomic E-state index is 4.45. The fourth-order valence-electron chi connectivity index (χ4n) is 1.51.